The van der Waals surface area contributed by atoms with Gasteiger partial charge in [0.1, 0.15) is 5.82 Å². The third-order valence-electron chi connectivity index (χ3n) is 5.98. The number of rotatable bonds is 8. The number of halogens is 1. The number of nitrogens with two attached hydrogens (primary N) is 1. The Balaban J connectivity index is 1.39. The van der Waals surface area contributed by atoms with Crippen molar-refractivity contribution in [3.8, 4) is 22.6 Å². The first-order valence-corrected chi connectivity index (χ1v) is 12.0. The average Bonchev–Trinajstić information content (AvgIpc) is 3.39. The third kappa shape index (κ3) is 5.52. The van der Waals surface area contributed by atoms with Crippen molar-refractivity contribution >= 4 is 17.5 Å². The van der Waals surface area contributed by atoms with E-state index in [-0.39, 0.29) is 24.9 Å². The molecule has 4 heterocycles. The maximum atomic E-state index is 13.6. The second kappa shape index (κ2) is 11.0. The Morgan fingerprint density at radius 2 is 1.95 bits per heavy atom. The van der Waals surface area contributed by atoms with Crippen molar-refractivity contribution in [1.29, 1.82) is 0 Å². The number of aromatic amines is 1. The zero-order valence-electron chi connectivity index (χ0n) is 20.6. The molecule has 0 aliphatic carbocycles. The minimum absolute atomic E-state index is 0.104. The van der Waals surface area contributed by atoms with Crippen LogP contribution < -0.4 is 16.4 Å². The van der Waals surface area contributed by atoms with Gasteiger partial charge in [0.2, 0.25) is 18.1 Å². The smallest absolute Gasteiger partial charge is 0.235 e. The predicted molar refractivity (Wildman–Crippen MR) is 138 cm³/mol. The van der Waals surface area contributed by atoms with Gasteiger partial charge in [0, 0.05) is 31.0 Å². The maximum absolute atomic E-state index is 13.6. The number of aromatic nitrogens is 5. The number of nitrogens with zero attached hydrogens (tertiary/aromatic N) is 4. The molecule has 38 heavy (non-hydrogen) atoms. The number of carbonyl (C=O) groups excluding carboxylic acids is 1. The Morgan fingerprint density at radius 1 is 1.16 bits per heavy atom. The van der Waals surface area contributed by atoms with Crippen LogP contribution in [0.15, 0.2) is 61.1 Å². The molecule has 0 spiro atoms. The highest BCUT2D eigenvalue weighted by Crippen LogP contribution is 2.36. The number of ether oxygens (including phenoxy) is 2. The van der Waals surface area contributed by atoms with E-state index in [0.29, 0.717) is 53.2 Å². The van der Waals surface area contributed by atoms with Gasteiger partial charge in [-0.1, -0.05) is 0 Å². The van der Waals surface area contributed by atoms with Crippen LogP contribution in [0.2, 0.25) is 0 Å². The lowest BCUT2D eigenvalue weighted by Crippen LogP contribution is -2.45. The highest BCUT2D eigenvalue weighted by Gasteiger charge is 2.41. The van der Waals surface area contributed by atoms with E-state index < -0.39 is 11.7 Å². The van der Waals surface area contributed by atoms with Crippen molar-refractivity contribution in [2.45, 2.75) is 13.2 Å². The molecule has 5 rings (SSSR count). The number of carbonyl (C=O) groups is 1. The first kappa shape index (κ1) is 25.4. The number of imidazole rings is 1. The standard InChI is InChI=1S/C26H27FN8O3/c1-26(24(36)32-18-3-2-10-29-13-18)14-37-23(38-15-26)22-34-20(16-4-6-17(27)7-5-16)21(35-22)19-8-11-30-25(33-19)31-12-9-28/h2-8,10-11,13,23H,9,12,14-15,28H2,1H3,(H,32,36)(H,34,35)(H,30,31,33). The molecular formula is C26H27FN8O3. The van der Waals surface area contributed by atoms with Crippen LogP contribution in [0.1, 0.15) is 19.0 Å². The number of benzene rings is 1. The van der Waals surface area contributed by atoms with E-state index in [0.717, 1.165) is 0 Å². The predicted octanol–water partition coefficient (Wildman–Crippen LogP) is 3.13. The van der Waals surface area contributed by atoms with E-state index in [4.69, 9.17) is 20.2 Å². The second-order valence-electron chi connectivity index (χ2n) is 9.04. The van der Waals surface area contributed by atoms with Crippen molar-refractivity contribution in [3.05, 3.63) is 72.7 Å². The molecule has 1 fully saturated rings. The van der Waals surface area contributed by atoms with E-state index in [1.807, 2.05) is 0 Å². The molecule has 0 saturated carbocycles. The number of pyridine rings is 1. The highest BCUT2D eigenvalue weighted by atomic mass is 19.1. The van der Waals surface area contributed by atoms with Crippen molar-refractivity contribution in [1.82, 2.24) is 24.9 Å². The molecule has 11 nitrogen and oxygen atoms in total. The number of amides is 1. The molecule has 196 valence electrons. The number of hydrogen-bond donors (Lipinski definition) is 4. The summed E-state index contributed by atoms with van der Waals surface area (Å²) in [6.07, 6.45) is 3.97. The van der Waals surface area contributed by atoms with Gasteiger partial charge in [0.15, 0.2) is 5.82 Å². The van der Waals surface area contributed by atoms with Crippen LogP contribution in [0, 0.1) is 11.2 Å². The van der Waals surface area contributed by atoms with Crippen molar-refractivity contribution < 1.29 is 18.7 Å². The first-order valence-electron chi connectivity index (χ1n) is 12.0. The monoisotopic (exact) mass is 518 g/mol. The van der Waals surface area contributed by atoms with E-state index in [9.17, 15) is 9.18 Å². The number of nitrogens with one attached hydrogen (secondary N) is 3. The molecule has 1 aromatic carbocycles. The van der Waals surface area contributed by atoms with Crippen LogP contribution in [0.5, 0.6) is 0 Å². The Labute approximate surface area is 218 Å². The fourth-order valence-corrected chi connectivity index (χ4v) is 3.89. The zero-order chi connectivity index (χ0) is 26.5. The lowest BCUT2D eigenvalue weighted by atomic mass is 9.91. The Morgan fingerprint density at radius 3 is 2.66 bits per heavy atom. The van der Waals surface area contributed by atoms with Gasteiger partial charge >= 0.3 is 0 Å². The van der Waals surface area contributed by atoms with Crippen LogP contribution in [-0.2, 0) is 14.3 Å². The third-order valence-corrected chi connectivity index (χ3v) is 5.98. The minimum atomic E-state index is -0.919. The van der Waals surface area contributed by atoms with Crippen LogP contribution in [0.25, 0.3) is 22.6 Å². The molecule has 12 heteroatoms. The van der Waals surface area contributed by atoms with Crippen molar-refractivity contribution in [2.24, 2.45) is 11.1 Å². The topological polar surface area (TPSA) is 153 Å². The average molecular weight is 519 g/mol. The first-order chi connectivity index (χ1) is 18.4. The normalized spacial score (nSPS) is 19.2. The fourth-order valence-electron chi connectivity index (χ4n) is 3.89. The van der Waals surface area contributed by atoms with Gasteiger partial charge in [-0.15, -0.1) is 0 Å². The molecule has 5 N–H and O–H groups in total. The van der Waals surface area contributed by atoms with Crippen LogP contribution in [0.4, 0.5) is 16.0 Å². The number of anilines is 2. The quantitative estimate of drug-likeness (QED) is 0.275. The van der Waals surface area contributed by atoms with E-state index in [2.05, 4.69) is 30.6 Å². The Hall–Kier alpha value is -4.26. The molecule has 0 atom stereocenters. The maximum Gasteiger partial charge on any atom is 0.235 e. The molecule has 4 aromatic rings. The minimum Gasteiger partial charge on any atom is -0.353 e. The van der Waals surface area contributed by atoms with Gasteiger partial charge in [0.25, 0.3) is 0 Å². The number of H-pyrrole nitrogens is 1. The van der Waals surface area contributed by atoms with Gasteiger partial charge in [-0.25, -0.2) is 19.3 Å². The molecule has 3 aromatic heterocycles. The van der Waals surface area contributed by atoms with Gasteiger partial charge < -0.3 is 30.8 Å². The van der Waals surface area contributed by atoms with Gasteiger partial charge in [-0.3, -0.25) is 9.78 Å². The molecule has 0 unspecified atom stereocenters. The summed E-state index contributed by atoms with van der Waals surface area (Å²) in [5.74, 6) is 0.206. The molecule has 1 amide bonds. The van der Waals surface area contributed by atoms with E-state index in [1.54, 1.807) is 55.8 Å². The summed E-state index contributed by atoms with van der Waals surface area (Å²) >= 11 is 0. The highest BCUT2D eigenvalue weighted by molar-refractivity contribution is 5.95. The summed E-state index contributed by atoms with van der Waals surface area (Å²) in [7, 11) is 0. The SMILES string of the molecule is CC1(C(=O)Nc2cccnc2)COC(c2nc(-c3ccc(F)cc3)c(-c3ccnc(NCCN)n3)[nH]2)OC1. The summed E-state index contributed by atoms with van der Waals surface area (Å²) in [5, 5.41) is 5.90. The molecule has 1 saturated heterocycles. The van der Waals surface area contributed by atoms with E-state index in [1.165, 1.54) is 12.1 Å². The Kier molecular flexibility index (Phi) is 7.36. The van der Waals surface area contributed by atoms with Crippen molar-refractivity contribution in [3.63, 3.8) is 0 Å². The summed E-state index contributed by atoms with van der Waals surface area (Å²) in [6, 6.07) is 11.2. The largest absolute Gasteiger partial charge is 0.353 e. The lowest BCUT2D eigenvalue weighted by Gasteiger charge is -2.35. The van der Waals surface area contributed by atoms with Crippen LogP contribution >= 0.6 is 0 Å². The lowest BCUT2D eigenvalue weighted by molar-refractivity contribution is -0.229. The number of hydrogen-bond acceptors (Lipinski definition) is 9. The van der Waals surface area contributed by atoms with Crippen LogP contribution in [0.3, 0.4) is 0 Å². The van der Waals surface area contributed by atoms with Gasteiger partial charge in [-0.05, 0) is 49.4 Å². The van der Waals surface area contributed by atoms with Gasteiger partial charge in [0.05, 0.1) is 47.6 Å². The van der Waals surface area contributed by atoms with E-state index >= 15 is 0 Å². The van der Waals surface area contributed by atoms with Crippen molar-refractivity contribution in [2.75, 3.05) is 36.9 Å². The van der Waals surface area contributed by atoms with Gasteiger partial charge in [-0.2, -0.15) is 0 Å². The molecule has 1 aliphatic heterocycles. The summed E-state index contributed by atoms with van der Waals surface area (Å²) < 4.78 is 25.6. The fraction of sp³-hybridized carbons (Fsp3) is 0.269. The molecule has 1 aliphatic rings. The molecular weight excluding hydrogens is 491 g/mol. The zero-order valence-corrected chi connectivity index (χ0v) is 20.6. The Bertz CT molecular complexity index is 1390. The second-order valence-corrected chi connectivity index (χ2v) is 9.04. The molecule has 0 radical (unpaired) electrons. The summed E-state index contributed by atoms with van der Waals surface area (Å²) in [5.41, 5.74) is 7.61. The molecule has 0 bridgehead atoms. The van der Waals surface area contributed by atoms with Crippen LogP contribution in [-0.4, -0.2) is 57.1 Å². The summed E-state index contributed by atoms with van der Waals surface area (Å²) in [6.45, 7) is 2.92. The summed E-state index contributed by atoms with van der Waals surface area (Å²) in [4.78, 5) is 33.7.